The summed E-state index contributed by atoms with van der Waals surface area (Å²) in [6.45, 7) is 0.553. The van der Waals surface area contributed by atoms with Gasteiger partial charge in [-0.25, -0.2) is 0 Å². The number of rotatable bonds is 3. The molecule has 4 nitrogen and oxygen atoms in total. The molecular formula is C12H13N3O. The standard InChI is InChI=1S/C12H13N3O/c13-7-8-1-3-10(4-2-8)12-14-11(15-16-12)9-5-6-9/h1-4,9H,5-7,13H2. The minimum Gasteiger partial charge on any atom is -0.334 e. The van der Waals surface area contributed by atoms with E-state index in [0.717, 1.165) is 17.0 Å². The Balaban J connectivity index is 1.88. The quantitative estimate of drug-likeness (QED) is 0.851. The average Bonchev–Trinajstić information content (AvgIpc) is 3.08. The molecule has 1 fully saturated rings. The van der Waals surface area contributed by atoms with Crippen molar-refractivity contribution in [3.05, 3.63) is 35.7 Å². The zero-order valence-electron chi connectivity index (χ0n) is 8.89. The molecular weight excluding hydrogens is 202 g/mol. The van der Waals surface area contributed by atoms with Crippen molar-refractivity contribution in [1.82, 2.24) is 10.1 Å². The molecule has 1 aromatic heterocycles. The average molecular weight is 215 g/mol. The van der Waals surface area contributed by atoms with Gasteiger partial charge in [0.15, 0.2) is 5.82 Å². The van der Waals surface area contributed by atoms with Crippen LogP contribution < -0.4 is 5.73 Å². The molecule has 0 bridgehead atoms. The van der Waals surface area contributed by atoms with Crippen LogP contribution in [0.2, 0.25) is 0 Å². The van der Waals surface area contributed by atoms with Gasteiger partial charge >= 0.3 is 0 Å². The maximum Gasteiger partial charge on any atom is 0.257 e. The predicted octanol–water partition coefficient (Wildman–Crippen LogP) is 2.07. The molecule has 16 heavy (non-hydrogen) atoms. The van der Waals surface area contributed by atoms with Gasteiger partial charge in [0.25, 0.3) is 5.89 Å². The van der Waals surface area contributed by atoms with E-state index in [1.165, 1.54) is 12.8 Å². The van der Waals surface area contributed by atoms with E-state index in [1.54, 1.807) is 0 Å². The molecule has 0 radical (unpaired) electrons. The van der Waals surface area contributed by atoms with E-state index in [1.807, 2.05) is 24.3 Å². The molecule has 3 rings (SSSR count). The van der Waals surface area contributed by atoms with Crippen LogP contribution in [-0.2, 0) is 6.54 Å². The predicted molar refractivity (Wildman–Crippen MR) is 59.6 cm³/mol. The van der Waals surface area contributed by atoms with E-state index < -0.39 is 0 Å². The second kappa shape index (κ2) is 3.72. The molecule has 1 saturated carbocycles. The summed E-state index contributed by atoms with van der Waals surface area (Å²) >= 11 is 0. The molecule has 1 aromatic carbocycles. The van der Waals surface area contributed by atoms with Crippen molar-refractivity contribution in [1.29, 1.82) is 0 Å². The van der Waals surface area contributed by atoms with Crippen LogP contribution in [0.1, 0.15) is 30.1 Å². The maximum atomic E-state index is 5.54. The van der Waals surface area contributed by atoms with Crippen molar-refractivity contribution < 1.29 is 4.52 Å². The van der Waals surface area contributed by atoms with Gasteiger partial charge in [-0.2, -0.15) is 4.98 Å². The van der Waals surface area contributed by atoms with Crippen molar-refractivity contribution in [3.8, 4) is 11.5 Å². The van der Waals surface area contributed by atoms with Crippen molar-refractivity contribution in [2.45, 2.75) is 25.3 Å². The van der Waals surface area contributed by atoms with Crippen LogP contribution in [0.25, 0.3) is 11.5 Å². The van der Waals surface area contributed by atoms with Crippen LogP contribution in [0, 0.1) is 0 Å². The van der Waals surface area contributed by atoms with Crippen LogP contribution in [-0.4, -0.2) is 10.1 Å². The molecule has 4 heteroatoms. The lowest BCUT2D eigenvalue weighted by Gasteiger charge is -1.96. The van der Waals surface area contributed by atoms with Gasteiger partial charge < -0.3 is 10.3 Å². The lowest BCUT2D eigenvalue weighted by molar-refractivity contribution is 0.422. The first-order valence-electron chi connectivity index (χ1n) is 5.50. The fourth-order valence-corrected chi connectivity index (χ4v) is 1.64. The molecule has 0 saturated heterocycles. The van der Waals surface area contributed by atoms with E-state index in [4.69, 9.17) is 10.3 Å². The van der Waals surface area contributed by atoms with Crippen LogP contribution in [0.5, 0.6) is 0 Å². The van der Waals surface area contributed by atoms with Crippen LogP contribution in [0.3, 0.4) is 0 Å². The molecule has 1 heterocycles. The van der Waals surface area contributed by atoms with E-state index >= 15 is 0 Å². The van der Waals surface area contributed by atoms with Crippen molar-refractivity contribution in [2.24, 2.45) is 5.73 Å². The Morgan fingerprint density at radius 3 is 2.62 bits per heavy atom. The molecule has 1 aliphatic carbocycles. The fourth-order valence-electron chi connectivity index (χ4n) is 1.64. The van der Waals surface area contributed by atoms with Crippen LogP contribution in [0.15, 0.2) is 28.8 Å². The largest absolute Gasteiger partial charge is 0.334 e. The molecule has 2 aromatic rings. The number of hydrogen-bond donors (Lipinski definition) is 1. The van der Waals surface area contributed by atoms with E-state index in [9.17, 15) is 0 Å². The Morgan fingerprint density at radius 2 is 2.00 bits per heavy atom. The molecule has 2 N–H and O–H groups in total. The lowest BCUT2D eigenvalue weighted by atomic mass is 10.1. The monoisotopic (exact) mass is 215 g/mol. The first kappa shape index (κ1) is 9.54. The molecule has 0 unspecified atom stereocenters. The molecule has 0 aliphatic heterocycles. The Morgan fingerprint density at radius 1 is 1.25 bits per heavy atom. The molecule has 0 spiro atoms. The van der Waals surface area contributed by atoms with Crippen molar-refractivity contribution in [2.75, 3.05) is 0 Å². The minimum absolute atomic E-state index is 0.529. The van der Waals surface area contributed by atoms with Gasteiger partial charge in [0, 0.05) is 18.0 Å². The van der Waals surface area contributed by atoms with Crippen molar-refractivity contribution in [3.63, 3.8) is 0 Å². The number of nitrogens with zero attached hydrogens (tertiary/aromatic N) is 2. The first-order valence-corrected chi connectivity index (χ1v) is 5.50. The third-order valence-electron chi connectivity index (χ3n) is 2.82. The number of aromatic nitrogens is 2. The van der Waals surface area contributed by atoms with E-state index in [-0.39, 0.29) is 0 Å². The van der Waals surface area contributed by atoms with Crippen LogP contribution in [0.4, 0.5) is 0 Å². The van der Waals surface area contributed by atoms with E-state index in [2.05, 4.69) is 10.1 Å². The van der Waals surface area contributed by atoms with Gasteiger partial charge in [-0.1, -0.05) is 17.3 Å². The molecule has 82 valence electrons. The van der Waals surface area contributed by atoms with E-state index in [0.29, 0.717) is 18.4 Å². The Bertz CT molecular complexity index is 485. The summed E-state index contributed by atoms with van der Waals surface area (Å²) < 4.78 is 5.23. The lowest BCUT2D eigenvalue weighted by Crippen LogP contribution is -1.95. The highest BCUT2D eigenvalue weighted by atomic mass is 16.5. The summed E-state index contributed by atoms with van der Waals surface area (Å²) in [5.41, 5.74) is 7.60. The Hall–Kier alpha value is -1.68. The third kappa shape index (κ3) is 1.72. The van der Waals surface area contributed by atoms with Gasteiger partial charge in [-0.15, -0.1) is 0 Å². The molecule has 0 amide bonds. The zero-order chi connectivity index (χ0) is 11.0. The highest BCUT2D eigenvalue weighted by Gasteiger charge is 2.28. The third-order valence-corrected chi connectivity index (χ3v) is 2.82. The number of hydrogen-bond acceptors (Lipinski definition) is 4. The summed E-state index contributed by atoms with van der Waals surface area (Å²) in [6.07, 6.45) is 2.37. The number of benzene rings is 1. The highest BCUT2D eigenvalue weighted by Crippen LogP contribution is 2.38. The summed E-state index contributed by atoms with van der Waals surface area (Å²) in [5.74, 6) is 1.98. The summed E-state index contributed by atoms with van der Waals surface area (Å²) in [4.78, 5) is 4.39. The maximum absolute atomic E-state index is 5.54. The summed E-state index contributed by atoms with van der Waals surface area (Å²) in [7, 11) is 0. The molecule has 0 atom stereocenters. The zero-order valence-corrected chi connectivity index (χ0v) is 8.89. The normalized spacial score (nSPS) is 15.3. The summed E-state index contributed by atoms with van der Waals surface area (Å²) in [5, 5.41) is 3.99. The smallest absolute Gasteiger partial charge is 0.257 e. The second-order valence-corrected chi connectivity index (χ2v) is 4.13. The fraction of sp³-hybridized carbons (Fsp3) is 0.333. The number of nitrogens with two attached hydrogens (primary N) is 1. The Labute approximate surface area is 93.5 Å². The SMILES string of the molecule is NCc1ccc(-c2nc(C3CC3)no2)cc1. The van der Waals surface area contributed by atoms with Gasteiger partial charge in [0.2, 0.25) is 0 Å². The topological polar surface area (TPSA) is 64.9 Å². The second-order valence-electron chi connectivity index (χ2n) is 4.13. The van der Waals surface area contributed by atoms with Gasteiger partial charge in [-0.3, -0.25) is 0 Å². The highest BCUT2D eigenvalue weighted by molar-refractivity contribution is 5.53. The van der Waals surface area contributed by atoms with Gasteiger partial charge in [0.05, 0.1) is 0 Å². The first-order chi connectivity index (χ1) is 7.86. The minimum atomic E-state index is 0.529. The van der Waals surface area contributed by atoms with Crippen LogP contribution >= 0.6 is 0 Å². The Kier molecular flexibility index (Phi) is 2.22. The summed E-state index contributed by atoms with van der Waals surface area (Å²) in [6, 6.07) is 7.89. The van der Waals surface area contributed by atoms with Gasteiger partial charge in [-0.05, 0) is 30.5 Å². The van der Waals surface area contributed by atoms with Crippen molar-refractivity contribution >= 4 is 0 Å². The molecule has 1 aliphatic rings. The van der Waals surface area contributed by atoms with Gasteiger partial charge in [0.1, 0.15) is 0 Å².